The molecule has 1 aromatic heterocycles. The van der Waals surface area contributed by atoms with Gasteiger partial charge in [0.25, 0.3) is 5.91 Å². The average Bonchev–Trinajstić information content (AvgIpc) is 2.70. The first kappa shape index (κ1) is 22.4. The van der Waals surface area contributed by atoms with E-state index >= 15 is 0 Å². The molecule has 1 aromatic carbocycles. The van der Waals surface area contributed by atoms with Crippen molar-refractivity contribution < 1.29 is 14.7 Å². The summed E-state index contributed by atoms with van der Waals surface area (Å²) in [5.41, 5.74) is 0.703. The Labute approximate surface area is 176 Å². The number of nitrogens with one attached hydrogen (secondary N) is 2. The average molecular weight is 416 g/mol. The maximum Gasteiger partial charge on any atom is 0.270 e. The van der Waals surface area contributed by atoms with Crippen molar-refractivity contribution in [2.24, 2.45) is 0 Å². The van der Waals surface area contributed by atoms with Crippen LogP contribution in [0.4, 0.5) is 5.69 Å². The van der Waals surface area contributed by atoms with Crippen LogP contribution in [0.25, 0.3) is 0 Å². The van der Waals surface area contributed by atoms with Crippen molar-refractivity contribution in [3.63, 3.8) is 0 Å². The summed E-state index contributed by atoms with van der Waals surface area (Å²) in [4.78, 5) is 29.2. The Morgan fingerprint density at radius 2 is 1.97 bits per heavy atom. The summed E-state index contributed by atoms with van der Waals surface area (Å²) in [6.07, 6.45) is 5.40. The van der Waals surface area contributed by atoms with Crippen LogP contribution in [0, 0.1) is 0 Å². The number of carbonyl (C=O) groups is 2. The van der Waals surface area contributed by atoms with Gasteiger partial charge in [0.2, 0.25) is 5.91 Å². The molecule has 0 saturated heterocycles. The first-order chi connectivity index (χ1) is 13.8. The molecule has 7 heteroatoms. The van der Waals surface area contributed by atoms with Gasteiger partial charge in [-0.05, 0) is 49.6 Å². The molecule has 0 atom stereocenters. The molecule has 0 aliphatic heterocycles. The summed E-state index contributed by atoms with van der Waals surface area (Å²) in [7, 11) is 0. The number of phenols is 1. The number of pyridine rings is 1. The molecule has 0 spiro atoms. The van der Waals surface area contributed by atoms with Gasteiger partial charge in [-0.15, -0.1) is 6.58 Å². The molecule has 0 radical (unpaired) electrons. The number of anilines is 1. The number of benzene rings is 1. The predicted molar refractivity (Wildman–Crippen MR) is 115 cm³/mol. The van der Waals surface area contributed by atoms with Gasteiger partial charge in [0, 0.05) is 28.0 Å². The van der Waals surface area contributed by atoms with Gasteiger partial charge in [-0.1, -0.05) is 31.5 Å². The topological polar surface area (TPSA) is 91.3 Å². The molecule has 0 aliphatic rings. The lowest BCUT2D eigenvalue weighted by Crippen LogP contribution is -2.47. The third kappa shape index (κ3) is 6.06. The van der Waals surface area contributed by atoms with Crippen molar-refractivity contribution in [1.29, 1.82) is 0 Å². The van der Waals surface area contributed by atoms with Gasteiger partial charge in [0.1, 0.15) is 11.4 Å². The molecule has 29 heavy (non-hydrogen) atoms. The number of hydrogen-bond acceptors (Lipinski definition) is 4. The summed E-state index contributed by atoms with van der Waals surface area (Å²) in [5, 5.41) is 16.1. The van der Waals surface area contributed by atoms with Crippen LogP contribution in [0.2, 0.25) is 5.02 Å². The maximum atomic E-state index is 12.7. The lowest BCUT2D eigenvalue weighted by Gasteiger charge is -2.31. The van der Waals surface area contributed by atoms with E-state index in [1.54, 1.807) is 18.2 Å². The molecule has 2 amide bonds. The van der Waals surface area contributed by atoms with E-state index in [2.05, 4.69) is 22.2 Å². The number of rotatable bonds is 9. The highest BCUT2D eigenvalue weighted by Gasteiger charge is 2.27. The molecule has 3 N–H and O–H groups in total. The van der Waals surface area contributed by atoms with Gasteiger partial charge in [0.15, 0.2) is 0 Å². The number of carbonyl (C=O) groups excluding carboxylic acids is 2. The van der Waals surface area contributed by atoms with E-state index in [0.29, 0.717) is 22.7 Å². The van der Waals surface area contributed by atoms with Crippen LogP contribution < -0.4 is 10.6 Å². The van der Waals surface area contributed by atoms with Crippen LogP contribution in [-0.4, -0.2) is 27.4 Å². The Morgan fingerprint density at radius 3 is 2.62 bits per heavy atom. The second-order valence-corrected chi connectivity index (χ2v) is 7.30. The van der Waals surface area contributed by atoms with Gasteiger partial charge in [-0.25, -0.2) is 0 Å². The third-order valence-corrected chi connectivity index (χ3v) is 5.17. The molecular formula is C22H26ClN3O3. The summed E-state index contributed by atoms with van der Waals surface area (Å²) < 4.78 is 0. The zero-order valence-electron chi connectivity index (χ0n) is 16.7. The molecule has 2 aromatic rings. The van der Waals surface area contributed by atoms with Gasteiger partial charge < -0.3 is 15.7 Å². The van der Waals surface area contributed by atoms with Crippen molar-refractivity contribution in [1.82, 2.24) is 10.3 Å². The lowest BCUT2D eigenvalue weighted by atomic mass is 9.89. The Kier molecular flexibility index (Phi) is 7.79. The second-order valence-electron chi connectivity index (χ2n) is 6.86. The fourth-order valence-corrected chi connectivity index (χ4v) is 3.25. The molecular weight excluding hydrogens is 390 g/mol. The molecule has 154 valence electrons. The molecule has 0 fully saturated rings. The summed E-state index contributed by atoms with van der Waals surface area (Å²) in [5.74, 6) is -0.653. The standard InChI is InChI=1S/C22H26ClN3O3/c1-4-10-22(5-2,6-3)26-21(29)18-14-17(9-11-24-18)25-20(28)13-15-12-16(23)7-8-19(15)27/h4,7-9,11-12,14,27H,1,5-6,10,13H2,2-3H3,(H,26,29)(H,24,25,28). The van der Waals surface area contributed by atoms with Crippen LogP contribution in [0.1, 0.15) is 49.2 Å². The van der Waals surface area contributed by atoms with E-state index in [1.165, 1.54) is 24.4 Å². The van der Waals surface area contributed by atoms with E-state index in [1.807, 2.05) is 13.8 Å². The van der Waals surface area contributed by atoms with Crippen molar-refractivity contribution in [2.45, 2.75) is 45.1 Å². The van der Waals surface area contributed by atoms with Crippen molar-refractivity contribution in [3.8, 4) is 5.75 Å². The van der Waals surface area contributed by atoms with Crippen LogP contribution in [0.15, 0.2) is 49.2 Å². The van der Waals surface area contributed by atoms with Gasteiger partial charge in [-0.2, -0.15) is 0 Å². The largest absolute Gasteiger partial charge is 0.508 e. The van der Waals surface area contributed by atoms with E-state index in [4.69, 9.17) is 11.6 Å². The van der Waals surface area contributed by atoms with Crippen molar-refractivity contribution in [2.75, 3.05) is 5.32 Å². The van der Waals surface area contributed by atoms with Crippen LogP contribution >= 0.6 is 11.6 Å². The third-order valence-electron chi connectivity index (χ3n) is 4.94. The fraction of sp³-hybridized carbons (Fsp3) is 0.318. The SMILES string of the molecule is C=CCC(CC)(CC)NC(=O)c1cc(NC(=O)Cc2cc(Cl)ccc2O)ccn1. The zero-order chi connectivity index (χ0) is 21.4. The number of hydrogen-bond donors (Lipinski definition) is 3. The van der Waals surface area contributed by atoms with Crippen molar-refractivity contribution >= 4 is 29.1 Å². The number of halogens is 1. The highest BCUT2D eigenvalue weighted by Crippen LogP contribution is 2.23. The number of phenolic OH excluding ortho intramolecular Hbond substituents is 1. The van der Waals surface area contributed by atoms with E-state index in [0.717, 1.165) is 12.8 Å². The number of aromatic nitrogens is 1. The molecule has 0 saturated carbocycles. The Balaban J connectivity index is 2.10. The second kappa shape index (κ2) is 10.1. The van der Waals surface area contributed by atoms with E-state index in [9.17, 15) is 14.7 Å². The molecule has 2 rings (SSSR count). The monoisotopic (exact) mass is 415 g/mol. The van der Waals surface area contributed by atoms with Crippen LogP contribution in [0.5, 0.6) is 5.75 Å². The molecule has 6 nitrogen and oxygen atoms in total. The van der Waals surface area contributed by atoms with Crippen LogP contribution in [0.3, 0.4) is 0 Å². The molecule has 0 aliphatic carbocycles. The Bertz CT molecular complexity index is 895. The van der Waals surface area contributed by atoms with Crippen LogP contribution in [-0.2, 0) is 11.2 Å². The van der Waals surface area contributed by atoms with Crippen molar-refractivity contribution in [3.05, 3.63) is 65.5 Å². The maximum absolute atomic E-state index is 12.7. The lowest BCUT2D eigenvalue weighted by molar-refractivity contribution is -0.115. The van der Waals surface area contributed by atoms with Gasteiger partial charge >= 0.3 is 0 Å². The summed E-state index contributed by atoms with van der Waals surface area (Å²) >= 11 is 5.91. The first-order valence-electron chi connectivity index (χ1n) is 9.49. The summed E-state index contributed by atoms with van der Waals surface area (Å²) in [6.45, 7) is 7.81. The quantitative estimate of drug-likeness (QED) is 0.526. The number of nitrogens with zero attached hydrogens (tertiary/aromatic N) is 1. The highest BCUT2D eigenvalue weighted by atomic mass is 35.5. The Hall–Kier alpha value is -2.86. The minimum Gasteiger partial charge on any atom is -0.508 e. The van der Waals surface area contributed by atoms with Gasteiger partial charge in [0.05, 0.1) is 6.42 Å². The first-order valence-corrected chi connectivity index (χ1v) is 9.87. The minimum atomic E-state index is -0.371. The Morgan fingerprint density at radius 1 is 1.24 bits per heavy atom. The van der Waals surface area contributed by atoms with E-state index in [-0.39, 0.29) is 35.2 Å². The molecule has 0 bridgehead atoms. The number of aromatic hydroxyl groups is 1. The fourth-order valence-electron chi connectivity index (χ4n) is 3.05. The number of amides is 2. The summed E-state index contributed by atoms with van der Waals surface area (Å²) in [6, 6.07) is 7.65. The predicted octanol–water partition coefficient (Wildman–Crippen LogP) is 4.49. The molecule has 0 unspecified atom stereocenters. The molecule has 1 heterocycles. The van der Waals surface area contributed by atoms with E-state index < -0.39 is 0 Å². The minimum absolute atomic E-state index is 0.00275. The van der Waals surface area contributed by atoms with Gasteiger partial charge in [-0.3, -0.25) is 14.6 Å². The normalized spacial score (nSPS) is 11.0. The highest BCUT2D eigenvalue weighted by molar-refractivity contribution is 6.30. The smallest absolute Gasteiger partial charge is 0.270 e. The zero-order valence-corrected chi connectivity index (χ0v) is 17.4.